The first-order valence-corrected chi connectivity index (χ1v) is 6.83. The van der Waals surface area contributed by atoms with Crippen LogP contribution >= 0.6 is 0 Å². The van der Waals surface area contributed by atoms with Gasteiger partial charge in [0.1, 0.15) is 0 Å². The van der Waals surface area contributed by atoms with Gasteiger partial charge in [-0.05, 0) is 32.5 Å². The summed E-state index contributed by atoms with van der Waals surface area (Å²) in [4.78, 5) is 23.1. The molecule has 0 unspecified atom stereocenters. The highest BCUT2D eigenvalue weighted by molar-refractivity contribution is 5.35. The normalized spacial score (nSPS) is 17.9. The molecule has 0 N–H and O–H groups in total. The predicted molar refractivity (Wildman–Crippen MR) is 73.3 cm³/mol. The van der Waals surface area contributed by atoms with E-state index in [2.05, 4.69) is 21.8 Å². The molecule has 2 aromatic heterocycles. The molecule has 2 aromatic rings. The Morgan fingerprint density at radius 3 is 2.89 bits per heavy atom. The molecule has 0 aromatic carbocycles. The van der Waals surface area contributed by atoms with Gasteiger partial charge in [0.15, 0.2) is 5.65 Å². The van der Waals surface area contributed by atoms with Crippen molar-refractivity contribution in [2.45, 2.75) is 25.7 Å². The SMILES string of the molecule is CCN1CCC(c2cc(=O)n3ccncc3n2)CC1. The van der Waals surface area contributed by atoms with Crippen LogP contribution in [0.1, 0.15) is 31.4 Å². The molecule has 1 fully saturated rings. The van der Waals surface area contributed by atoms with E-state index in [1.165, 1.54) is 4.40 Å². The van der Waals surface area contributed by atoms with E-state index in [-0.39, 0.29) is 5.56 Å². The Labute approximate surface area is 111 Å². The zero-order valence-corrected chi connectivity index (χ0v) is 11.1. The van der Waals surface area contributed by atoms with Crippen molar-refractivity contribution >= 4 is 5.65 Å². The summed E-state index contributed by atoms with van der Waals surface area (Å²) in [7, 11) is 0. The van der Waals surface area contributed by atoms with Crippen molar-refractivity contribution in [3.05, 3.63) is 40.7 Å². The van der Waals surface area contributed by atoms with Crippen molar-refractivity contribution in [3.63, 3.8) is 0 Å². The van der Waals surface area contributed by atoms with E-state index in [9.17, 15) is 4.79 Å². The summed E-state index contributed by atoms with van der Waals surface area (Å²) in [6.45, 7) is 5.47. The van der Waals surface area contributed by atoms with Gasteiger partial charge in [0.25, 0.3) is 5.56 Å². The van der Waals surface area contributed by atoms with Gasteiger partial charge in [-0.2, -0.15) is 0 Å². The molecule has 0 amide bonds. The van der Waals surface area contributed by atoms with E-state index >= 15 is 0 Å². The highest BCUT2D eigenvalue weighted by atomic mass is 16.1. The molecule has 1 saturated heterocycles. The van der Waals surface area contributed by atoms with Gasteiger partial charge in [-0.15, -0.1) is 0 Å². The van der Waals surface area contributed by atoms with E-state index in [0.717, 1.165) is 38.2 Å². The van der Waals surface area contributed by atoms with Gasteiger partial charge in [-0.3, -0.25) is 14.2 Å². The number of aromatic nitrogens is 3. The van der Waals surface area contributed by atoms with E-state index < -0.39 is 0 Å². The van der Waals surface area contributed by atoms with Crippen LogP contribution < -0.4 is 5.56 Å². The average molecular weight is 258 g/mol. The number of hydrogen-bond donors (Lipinski definition) is 0. The highest BCUT2D eigenvalue weighted by Crippen LogP contribution is 2.25. The third-order valence-electron chi connectivity index (χ3n) is 3.94. The molecule has 0 aliphatic carbocycles. The van der Waals surface area contributed by atoms with Crippen LogP contribution in [0.4, 0.5) is 0 Å². The van der Waals surface area contributed by atoms with Crippen LogP contribution in [0.15, 0.2) is 29.5 Å². The molecule has 3 rings (SSSR count). The van der Waals surface area contributed by atoms with E-state index in [4.69, 9.17) is 0 Å². The first-order chi connectivity index (χ1) is 9.28. The molecule has 1 aliphatic rings. The van der Waals surface area contributed by atoms with Gasteiger partial charge < -0.3 is 4.90 Å². The number of likely N-dealkylation sites (tertiary alicyclic amines) is 1. The lowest BCUT2D eigenvalue weighted by molar-refractivity contribution is 0.221. The molecule has 0 bridgehead atoms. The minimum atomic E-state index is -0.0136. The molecule has 0 saturated carbocycles. The highest BCUT2D eigenvalue weighted by Gasteiger charge is 2.21. The van der Waals surface area contributed by atoms with Crippen LogP contribution in [0.5, 0.6) is 0 Å². The lowest BCUT2D eigenvalue weighted by Gasteiger charge is -2.30. The van der Waals surface area contributed by atoms with Crippen LogP contribution in [-0.4, -0.2) is 38.9 Å². The number of nitrogens with zero attached hydrogens (tertiary/aromatic N) is 4. The maximum atomic E-state index is 12.0. The van der Waals surface area contributed by atoms with Crippen LogP contribution in [-0.2, 0) is 0 Å². The number of fused-ring (bicyclic) bond motifs is 1. The Bertz CT molecular complexity index is 629. The Hall–Kier alpha value is -1.75. The monoisotopic (exact) mass is 258 g/mol. The molecule has 19 heavy (non-hydrogen) atoms. The summed E-state index contributed by atoms with van der Waals surface area (Å²) >= 11 is 0. The number of rotatable bonds is 2. The van der Waals surface area contributed by atoms with Crippen molar-refractivity contribution in [2.24, 2.45) is 0 Å². The van der Waals surface area contributed by atoms with Gasteiger partial charge in [0.05, 0.1) is 11.9 Å². The van der Waals surface area contributed by atoms with E-state index in [0.29, 0.717) is 11.6 Å². The summed E-state index contributed by atoms with van der Waals surface area (Å²) in [5.74, 6) is 0.403. The fourth-order valence-electron chi connectivity index (χ4n) is 2.74. The lowest BCUT2D eigenvalue weighted by Crippen LogP contribution is -2.33. The predicted octanol–water partition coefficient (Wildman–Crippen LogP) is 1.29. The van der Waals surface area contributed by atoms with Gasteiger partial charge in [-0.1, -0.05) is 6.92 Å². The Morgan fingerprint density at radius 1 is 1.37 bits per heavy atom. The zero-order chi connectivity index (χ0) is 13.2. The number of hydrogen-bond acceptors (Lipinski definition) is 4. The fraction of sp³-hybridized carbons (Fsp3) is 0.500. The average Bonchev–Trinajstić information content (AvgIpc) is 2.47. The Morgan fingerprint density at radius 2 is 2.16 bits per heavy atom. The largest absolute Gasteiger partial charge is 0.304 e. The zero-order valence-electron chi connectivity index (χ0n) is 11.1. The van der Waals surface area contributed by atoms with Crippen LogP contribution in [0.25, 0.3) is 5.65 Å². The Kier molecular flexibility index (Phi) is 3.29. The van der Waals surface area contributed by atoms with Gasteiger partial charge in [-0.25, -0.2) is 4.98 Å². The Balaban J connectivity index is 1.92. The number of piperidine rings is 1. The third kappa shape index (κ3) is 2.38. The topological polar surface area (TPSA) is 50.5 Å². The molecule has 5 nitrogen and oxygen atoms in total. The summed E-state index contributed by atoms with van der Waals surface area (Å²) in [6.07, 6.45) is 7.07. The van der Waals surface area contributed by atoms with Gasteiger partial charge in [0.2, 0.25) is 0 Å². The second-order valence-corrected chi connectivity index (χ2v) is 5.03. The molecule has 0 radical (unpaired) electrons. The first kappa shape index (κ1) is 12.3. The van der Waals surface area contributed by atoms with Crippen molar-refractivity contribution in [2.75, 3.05) is 19.6 Å². The molecule has 100 valence electrons. The standard InChI is InChI=1S/C14H18N4O/c1-2-17-6-3-11(4-7-17)12-9-14(19)18-8-5-15-10-13(18)16-12/h5,8-11H,2-4,6-7H2,1H3. The minimum absolute atomic E-state index is 0.0136. The smallest absolute Gasteiger partial charge is 0.258 e. The second-order valence-electron chi connectivity index (χ2n) is 5.03. The maximum absolute atomic E-state index is 12.0. The van der Waals surface area contributed by atoms with Crippen molar-refractivity contribution in [1.29, 1.82) is 0 Å². The lowest BCUT2D eigenvalue weighted by atomic mass is 9.93. The second kappa shape index (κ2) is 5.09. The molecular weight excluding hydrogens is 240 g/mol. The summed E-state index contributed by atoms with van der Waals surface area (Å²) in [6, 6.07) is 1.68. The van der Waals surface area contributed by atoms with Crippen LogP contribution in [0, 0.1) is 0 Å². The summed E-state index contributed by atoms with van der Waals surface area (Å²) < 4.78 is 1.54. The van der Waals surface area contributed by atoms with Crippen LogP contribution in [0.2, 0.25) is 0 Å². The molecule has 3 heterocycles. The molecule has 5 heteroatoms. The quantitative estimate of drug-likeness (QED) is 0.814. The van der Waals surface area contributed by atoms with Crippen molar-refractivity contribution in [1.82, 2.24) is 19.3 Å². The molecular formula is C14H18N4O. The van der Waals surface area contributed by atoms with Crippen LogP contribution in [0.3, 0.4) is 0 Å². The van der Waals surface area contributed by atoms with E-state index in [1.54, 1.807) is 24.7 Å². The van der Waals surface area contributed by atoms with E-state index in [1.807, 2.05) is 0 Å². The van der Waals surface area contributed by atoms with Crippen molar-refractivity contribution in [3.8, 4) is 0 Å². The molecule has 1 aliphatic heterocycles. The molecule has 0 atom stereocenters. The third-order valence-corrected chi connectivity index (χ3v) is 3.94. The minimum Gasteiger partial charge on any atom is -0.304 e. The molecule has 0 spiro atoms. The van der Waals surface area contributed by atoms with Crippen molar-refractivity contribution < 1.29 is 0 Å². The fourth-order valence-corrected chi connectivity index (χ4v) is 2.74. The van der Waals surface area contributed by atoms with Gasteiger partial charge >= 0.3 is 0 Å². The summed E-state index contributed by atoms with van der Waals surface area (Å²) in [5, 5.41) is 0. The van der Waals surface area contributed by atoms with Gasteiger partial charge in [0, 0.05) is 24.4 Å². The summed E-state index contributed by atoms with van der Waals surface area (Å²) in [5.41, 5.74) is 1.55. The maximum Gasteiger partial charge on any atom is 0.258 e. The first-order valence-electron chi connectivity index (χ1n) is 6.83.